The van der Waals surface area contributed by atoms with Gasteiger partial charge in [-0.1, -0.05) is 0 Å². The minimum absolute atomic E-state index is 0.244. The Balaban J connectivity index is 2.28. The predicted molar refractivity (Wildman–Crippen MR) is 66.2 cm³/mol. The van der Waals surface area contributed by atoms with Crippen molar-refractivity contribution >= 4 is 11.3 Å². The van der Waals surface area contributed by atoms with Gasteiger partial charge in [0.25, 0.3) is 0 Å². The second-order valence-corrected chi connectivity index (χ2v) is 4.78. The number of nitriles is 1. The maximum absolute atomic E-state index is 12.8. The first-order valence-electron chi connectivity index (χ1n) is 5.30. The summed E-state index contributed by atoms with van der Waals surface area (Å²) in [6.45, 7) is 1.94. The van der Waals surface area contributed by atoms with E-state index in [0.29, 0.717) is 6.42 Å². The second kappa shape index (κ2) is 5.07. The molecule has 2 rings (SSSR count). The molecule has 4 heteroatoms. The predicted octanol–water partition coefficient (Wildman–Crippen LogP) is 3.71. The van der Waals surface area contributed by atoms with Crippen molar-refractivity contribution in [3.63, 3.8) is 0 Å². The third kappa shape index (κ3) is 2.69. The minimum Gasteiger partial charge on any atom is -0.241 e. The lowest BCUT2D eigenvalue weighted by molar-refractivity contribution is 0.628. The Hall–Kier alpha value is -1.73. The molecule has 17 heavy (non-hydrogen) atoms. The van der Waals surface area contributed by atoms with Crippen LogP contribution in [0.15, 0.2) is 24.3 Å². The Morgan fingerprint density at radius 3 is 2.71 bits per heavy atom. The largest absolute Gasteiger partial charge is 0.241 e. The first kappa shape index (κ1) is 11.7. The van der Waals surface area contributed by atoms with Crippen LogP contribution in [0.5, 0.6) is 0 Å². The second-order valence-electron chi connectivity index (χ2n) is 3.69. The number of aryl methyl sites for hydroxylation is 2. The van der Waals surface area contributed by atoms with Gasteiger partial charge in [0.2, 0.25) is 0 Å². The van der Waals surface area contributed by atoms with Gasteiger partial charge in [-0.3, -0.25) is 0 Å². The first-order chi connectivity index (χ1) is 8.20. The van der Waals surface area contributed by atoms with Crippen LogP contribution in [0.2, 0.25) is 0 Å². The summed E-state index contributed by atoms with van der Waals surface area (Å²) >= 11 is 1.57. The van der Waals surface area contributed by atoms with Gasteiger partial charge in [0.05, 0.1) is 11.8 Å². The molecule has 1 aromatic heterocycles. The number of halogens is 1. The molecule has 0 bridgehead atoms. The molecule has 2 nitrogen and oxygen atoms in total. The molecule has 0 saturated carbocycles. The van der Waals surface area contributed by atoms with Crippen molar-refractivity contribution < 1.29 is 4.39 Å². The molecule has 0 aliphatic carbocycles. The van der Waals surface area contributed by atoms with Gasteiger partial charge in [0, 0.05) is 16.9 Å². The maximum atomic E-state index is 12.8. The number of nitrogens with zero attached hydrogens (tertiary/aromatic N) is 2. The summed E-state index contributed by atoms with van der Waals surface area (Å²) < 4.78 is 12.8. The summed E-state index contributed by atoms with van der Waals surface area (Å²) in [6, 6.07) is 8.44. The van der Waals surface area contributed by atoms with Gasteiger partial charge in [0.15, 0.2) is 0 Å². The van der Waals surface area contributed by atoms with Crippen molar-refractivity contribution in [1.29, 1.82) is 5.26 Å². The highest BCUT2D eigenvalue weighted by Gasteiger charge is 2.09. The van der Waals surface area contributed by atoms with E-state index in [-0.39, 0.29) is 5.82 Å². The van der Waals surface area contributed by atoms with Crippen molar-refractivity contribution in [2.24, 2.45) is 0 Å². The van der Waals surface area contributed by atoms with E-state index in [0.717, 1.165) is 27.6 Å². The van der Waals surface area contributed by atoms with Crippen LogP contribution in [-0.4, -0.2) is 4.98 Å². The molecular formula is C13H11FN2S. The number of hydrogen-bond acceptors (Lipinski definition) is 3. The molecule has 1 aromatic carbocycles. The quantitative estimate of drug-likeness (QED) is 0.827. The fraction of sp³-hybridized carbons (Fsp3) is 0.231. The van der Waals surface area contributed by atoms with E-state index in [1.54, 1.807) is 23.5 Å². The summed E-state index contributed by atoms with van der Waals surface area (Å²) in [4.78, 5) is 5.58. The van der Waals surface area contributed by atoms with Crippen molar-refractivity contribution in [1.82, 2.24) is 4.98 Å². The maximum Gasteiger partial charge on any atom is 0.123 e. The van der Waals surface area contributed by atoms with Crippen LogP contribution in [0.4, 0.5) is 4.39 Å². The van der Waals surface area contributed by atoms with E-state index in [1.165, 1.54) is 12.1 Å². The van der Waals surface area contributed by atoms with Gasteiger partial charge < -0.3 is 0 Å². The number of benzene rings is 1. The lowest BCUT2D eigenvalue weighted by Crippen LogP contribution is -1.82. The average molecular weight is 246 g/mol. The zero-order chi connectivity index (χ0) is 12.3. The van der Waals surface area contributed by atoms with Crippen molar-refractivity contribution in [3.8, 4) is 16.6 Å². The Labute approximate surface area is 103 Å². The summed E-state index contributed by atoms with van der Waals surface area (Å²) in [5.41, 5.74) is 1.88. The summed E-state index contributed by atoms with van der Waals surface area (Å²) in [5.74, 6) is -0.244. The molecule has 0 N–H and O–H groups in total. The molecule has 0 unspecified atom stereocenters. The van der Waals surface area contributed by atoms with E-state index in [1.807, 2.05) is 6.92 Å². The molecular weight excluding hydrogens is 235 g/mol. The van der Waals surface area contributed by atoms with Crippen LogP contribution in [-0.2, 0) is 6.42 Å². The highest BCUT2D eigenvalue weighted by atomic mass is 32.1. The molecule has 0 spiro atoms. The molecule has 0 fully saturated rings. The van der Waals surface area contributed by atoms with Crippen LogP contribution in [0.3, 0.4) is 0 Å². The SMILES string of the molecule is Cc1nc(-c2ccc(F)cc2)sc1CCC#N. The number of hydrogen-bond donors (Lipinski definition) is 0. The molecule has 0 saturated heterocycles. The molecule has 0 atom stereocenters. The first-order valence-corrected chi connectivity index (χ1v) is 6.11. The standard InChI is InChI=1S/C13H11FN2S/c1-9-12(3-2-8-15)17-13(16-9)10-4-6-11(14)7-5-10/h4-7H,2-3H2,1H3. The van der Waals surface area contributed by atoms with Crippen LogP contribution >= 0.6 is 11.3 Å². The molecule has 86 valence electrons. The van der Waals surface area contributed by atoms with E-state index >= 15 is 0 Å². The smallest absolute Gasteiger partial charge is 0.123 e. The molecule has 0 radical (unpaired) electrons. The highest BCUT2D eigenvalue weighted by molar-refractivity contribution is 7.15. The number of thiazole rings is 1. The van der Waals surface area contributed by atoms with E-state index in [9.17, 15) is 4.39 Å². The normalized spacial score (nSPS) is 10.2. The van der Waals surface area contributed by atoms with Gasteiger partial charge >= 0.3 is 0 Å². The zero-order valence-corrected chi connectivity index (χ0v) is 10.2. The lowest BCUT2D eigenvalue weighted by atomic mass is 10.2. The Bertz CT molecular complexity index is 552. The summed E-state index contributed by atoms with van der Waals surface area (Å²) in [7, 11) is 0. The van der Waals surface area contributed by atoms with Gasteiger partial charge in [-0.05, 0) is 37.6 Å². The van der Waals surface area contributed by atoms with E-state index < -0.39 is 0 Å². The Kier molecular flexibility index (Phi) is 3.50. The molecule has 2 aromatic rings. The lowest BCUT2D eigenvalue weighted by Gasteiger charge is -1.94. The summed E-state index contributed by atoms with van der Waals surface area (Å²) in [5, 5.41) is 9.45. The monoisotopic (exact) mass is 246 g/mol. The average Bonchev–Trinajstić information content (AvgIpc) is 2.69. The highest BCUT2D eigenvalue weighted by Crippen LogP contribution is 2.28. The van der Waals surface area contributed by atoms with Crippen LogP contribution in [0.1, 0.15) is 17.0 Å². The topological polar surface area (TPSA) is 36.7 Å². The summed E-state index contributed by atoms with van der Waals surface area (Å²) in [6.07, 6.45) is 1.24. The fourth-order valence-electron chi connectivity index (χ4n) is 1.55. The molecule has 1 heterocycles. The van der Waals surface area contributed by atoms with Gasteiger partial charge in [-0.15, -0.1) is 11.3 Å². The molecule has 0 aliphatic heterocycles. The van der Waals surface area contributed by atoms with E-state index in [2.05, 4.69) is 11.1 Å². The fourth-order valence-corrected chi connectivity index (χ4v) is 2.61. The van der Waals surface area contributed by atoms with Crippen LogP contribution in [0.25, 0.3) is 10.6 Å². The van der Waals surface area contributed by atoms with Gasteiger partial charge in [0.1, 0.15) is 10.8 Å². The van der Waals surface area contributed by atoms with Crippen molar-refractivity contribution in [2.75, 3.05) is 0 Å². The Morgan fingerprint density at radius 1 is 1.35 bits per heavy atom. The minimum atomic E-state index is -0.244. The zero-order valence-electron chi connectivity index (χ0n) is 9.40. The van der Waals surface area contributed by atoms with Crippen LogP contribution in [0, 0.1) is 24.1 Å². The third-order valence-corrected chi connectivity index (χ3v) is 3.71. The molecule has 0 amide bonds. The van der Waals surface area contributed by atoms with Crippen molar-refractivity contribution in [2.45, 2.75) is 19.8 Å². The van der Waals surface area contributed by atoms with Crippen molar-refractivity contribution in [3.05, 3.63) is 40.7 Å². The molecule has 0 aliphatic rings. The van der Waals surface area contributed by atoms with Gasteiger partial charge in [-0.25, -0.2) is 9.37 Å². The number of rotatable bonds is 3. The van der Waals surface area contributed by atoms with Gasteiger partial charge in [-0.2, -0.15) is 5.26 Å². The third-order valence-electron chi connectivity index (χ3n) is 2.45. The van der Waals surface area contributed by atoms with E-state index in [4.69, 9.17) is 5.26 Å². The Morgan fingerprint density at radius 2 is 2.06 bits per heavy atom. The van der Waals surface area contributed by atoms with Crippen LogP contribution < -0.4 is 0 Å². The number of aromatic nitrogens is 1.